The maximum absolute atomic E-state index is 14.2. The lowest BCUT2D eigenvalue weighted by molar-refractivity contribution is -0.129. The molecular formula is C23H24ClF2N5O3S. The summed E-state index contributed by atoms with van der Waals surface area (Å²) in [4.78, 5) is 43.2. The van der Waals surface area contributed by atoms with Gasteiger partial charge < -0.3 is 20.5 Å². The maximum Gasteiger partial charge on any atom is 0.271 e. The Kier molecular flexibility index (Phi) is 6.21. The highest BCUT2D eigenvalue weighted by molar-refractivity contribution is 7.17. The van der Waals surface area contributed by atoms with Gasteiger partial charge in [-0.3, -0.25) is 14.4 Å². The molecule has 3 aliphatic rings. The van der Waals surface area contributed by atoms with Gasteiger partial charge in [-0.15, -0.1) is 11.3 Å². The summed E-state index contributed by atoms with van der Waals surface area (Å²) in [6.45, 7) is 0.608. The summed E-state index contributed by atoms with van der Waals surface area (Å²) >= 11 is 7.52. The summed E-state index contributed by atoms with van der Waals surface area (Å²) in [6.07, 6.45) is 0.639. The predicted octanol–water partition coefficient (Wildman–Crippen LogP) is 3.29. The van der Waals surface area contributed by atoms with Crippen molar-refractivity contribution in [2.45, 2.75) is 50.1 Å². The van der Waals surface area contributed by atoms with Crippen LogP contribution in [-0.2, 0) is 9.59 Å². The average molecular weight is 524 g/mol. The Morgan fingerprint density at radius 1 is 1.40 bits per heavy atom. The minimum Gasteiger partial charge on any atom is -0.356 e. The van der Waals surface area contributed by atoms with Gasteiger partial charge in [0, 0.05) is 37.2 Å². The highest BCUT2D eigenvalue weighted by Gasteiger charge is 2.58. The number of carbonyl (C=O) groups excluding carboxylic acids is 3. The van der Waals surface area contributed by atoms with Gasteiger partial charge in [-0.25, -0.2) is 8.78 Å². The summed E-state index contributed by atoms with van der Waals surface area (Å²) in [5, 5.41) is 17.2. The van der Waals surface area contributed by atoms with E-state index in [-0.39, 0.29) is 31.0 Å². The second-order valence-corrected chi connectivity index (χ2v) is 11.0. The number of halogens is 3. The molecule has 12 heteroatoms. The van der Waals surface area contributed by atoms with Gasteiger partial charge in [-0.2, -0.15) is 5.26 Å². The van der Waals surface area contributed by atoms with Gasteiger partial charge in [0.15, 0.2) is 0 Å². The van der Waals surface area contributed by atoms with Gasteiger partial charge in [-0.05, 0) is 37.2 Å². The Morgan fingerprint density at radius 2 is 2.20 bits per heavy atom. The largest absolute Gasteiger partial charge is 0.356 e. The second-order valence-electron chi connectivity index (χ2n) is 9.65. The number of H-pyrrole nitrogens is 1. The number of aromatic amines is 1. The topological polar surface area (TPSA) is 118 Å². The van der Waals surface area contributed by atoms with E-state index in [4.69, 9.17) is 11.6 Å². The summed E-state index contributed by atoms with van der Waals surface area (Å²) < 4.78 is 29.2. The number of rotatable bonds is 5. The van der Waals surface area contributed by atoms with Crippen LogP contribution in [-0.4, -0.2) is 58.7 Å². The van der Waals surface area contributed by atoms with E-state index in [1.807, 2.05) is 6.07 Å². The fourth-order valence-corrected chi connectivity index (χ4v) is 6.89. The molecule has 3 amide bonds. The molecular weight excluding hydrogens is 500 g/mol. The van der Waals surface area contributed by atoms with Crippen LogP contribution in [0.4, 0.5) is 8.78 Å². The SMILES string of the molecule is N#C[C@H](C[C@H]1CCCNC1=O)NC(=O)[C@@H]1[C@H]2CC(F)(F)C[C@H]2CN1C(=O)c1cc2scc(Cl)c2[nH]1. The van der Waals surface area contributed by atoms with Crippen molar-refractivity contribution < 1.29 is 23.2 Å². The number of hydrogen-bond acceptors (Lipinski definition) is 5. The number of nitriles is 1. The zero-order chi connectivity index (χ0) is 24.9. The number of hydrogen-bond donors (Lipinski definition) is 3. The van der Waals surface area contributed by atoms with Crippen molar-refractivity contribution in [2.75, 3.05) is 13.1 Å². The molecule has 8 nitrogen and oxygen atoms in total. The van der Waals surface area contributed by atoms with Crippen molar-refractivity contribution in [1.29, 1.82) is 5.26 Å². The smallest absolute Gasteiger partial charge is 0.271 e. The summed E-state index contributed by atoms with van der Waals surface area (Å²) in [5.41, 5.74) is 0.844. The van der Waals surface area contributed by atoms with Crippen LogP contribution >= 0.6 is 22.9 Å². The maximum atomic E-state index is 14.2. The molecule has 5 atom stereocenters. The van der Waals surface area contributed by atoms with Crippen molar-refractivity contribution in [3.63, 3.8) is 0 Å². The van der Waals surface area contributed by atoms with E-state index in [0.29, 0.717) is 23.5 Å². The van der Waals surface area contributed by atoms with E-state index in [1.54, 1.807) is 11.4 Å². The van der Waals surface area contributed by atoms with E-state index < -0.39 is 54.0 Å². The number of thiophene rings is 1. The van der Waals surface area contributed by atoms with Crippen LogP contribution < -0.4 is 10.6 Å². The van der Waals surface area contributed by atoms with Gasteiger partial charge in [0.05, 0.1) is 21.3 Å². The predicted molar refractivity (Wildman–Crippen MR) is 125 cm³/mol. The Balaban J connectivity index is 1.37. The van der Waals surface area contributed by atoms with Gasteiger partial charge in [-0.1, -0.05) is 11.6 Å². The summed E-state index contributed by atoms with van der Waals surface area (Å²) in [7, 11) is 0. The first-order chi connectivity index (χ1) is 16.7. The first kappa shape index (κ1) is 24.0. The van der Waals surface area contributed by atoms with Crippen molar-refractivity contribution in [3.8, 4) is 6.07 Å². The normalized spacial score (nSPS) is 28.4. The monoisotopic (exact) mass is 523 g/mol. The Labute approximate surface area is 209 Å². The number of carbonyl (C=O) groups is 3. The van der Waals surface area contributed by atoms with Crippen LogP contribution in [0.3, 0.4) is 0 Å². The highest BCUT2D eigenvalue weighted by atomic mass is 35.5. The minimum absolute atomic E-state index is 0.0276. The van der Waals surface area contributed by atoms with Gasteiger partial charge in [0.25, 0.3) is 5.91 Å². The van der Waals surface area contributed by atoms with Crippen LogP contribution in [0, 0.1) is 29.1 Å². The van der Waals surface area contributed by atoms with Crippen molar-refractivity contribution in [1.82, 2.24) is 20.5 Å². The molecule has 0 spiro atoms. The molecule has 2 aliphatic heterocycles. The zero-order valence-corrected chi connectivity index (χ0v) is 20.2. The standard InChI is InChI=1S/C23H24ClF2N5O3S/c24-15-10-35-17-5-16(30-18(15)17)22(34)31-9-12-6-23(25,26)7-14(12)19(31)21(33)29-13(8-27)4-11-2-1-3-28-20(11)32/h5,10-14,19,30H,1-4,6-7,9H2,(H,28,32)(H,29,33)/t11-,12+,13+,14+,19+/m1/s1. The molecule has 3 N–H and O–H groups in total. The number of aromatic nitrogens is 1. The van der Waals surface area contributed by atoms with Crippen molar-refractivity contribution >= 4 is 50.9 Å². The number of fused-ring (bicyclic) bond motifs is 2. The molecule has 3 fully saturated rings. The third-order valence-corrected chi connectivity index (χ3v) is 8.69. The third-order valence-electron chi connectivity index (χ3n) is 7.33. The Morgan fingerprint density at radius 3 is 2.91 bits per heavy atom. The fraction of sp³-hybridized carbons (Fsp3) is 0.565. The summed E-state index contributed by atoms with van der Waals surface area (Å²) in [5.74, 6) is -5.82. The molecule has 4 heterocycles. The number of nitrogens with zero attached hydrogens (tertiary/aromatic N) is 2. The molecule has 0 radical (unpaired) electrons. The Bertz CT molecular complexity index is 1220. The third kappa shape index (κ3) is 4.49. The Hall–Kier alpha value is -2.71. The minimum atomic E-state index is -2.90. The van der Waals surface area contributed by atoms with E-state index in [1.165, 1.54) is 16.2 Å². The number of nitrogens with one attached hydrogen (secondary N) is 3. The molecule has 186 valence electrons. The molecule has 0 unspecified atom stereocenters. The molecule has 2 saturated heterocycles. The molecule has 1 saturated carbocycles. The van der Waals surface area contributed by atoms with Crippen LogP contribution in [0.1, 0.15) is 42.6 Å². The van der Waals surface area contributed by atoms with E-state index in [0.717, 1.165) is 11.1 Å². The number of piperidine rings is 1. The zero-order valence-electron chi connectivity index (χ0n) is 18.7. The van der Waals surface area contributed by atoms with Gasteiger partial charge >= 0.3 is 0 Å². The fourth-order valence-electron chi connectivity index (χ4n) is 5.74. The molecule has 2 aromatic rings. The second kappa shape index (κ2) is 9.06. The van der Waals surface area contributed by atoms with Gasteiger partial charge in [0.1, 0.15) is 17.8 Å². The van der Waals surface area contributed by atoms with E-state index in [9.17, 15) is 28.4 Å². The van der Waals surface area contributed by atoms with Crippen LogP contribution in [0.25, 0.3) is 10.2 Å². The average Bonchev–Trinajstić information content (AvgIpc) is 3.54. The summed E-state index contributed by atoms with van der Waals surface area (Å²) in [6, 6.07) is 1.56. The molecule has 5 rings (SSSR count). The van der Waals surface area contributed by atoms with E-state index in [2.05, 4.69) is 15.6 Å². The quantitative estimate of drug-likeness (QED) is 0.557. The highest BCUT2D eigenvalue weighted by Crippen LogP contribution is 2.50. The van der Waals surface area contributed by atoms with Crippen molar-refractivity contribution in [3.05, 3.63) is 22.2 Å². The molecule has 1 aliphatic carbocycles. The number of amides is 3. The molecule has 0 aromatic carbocycles. The molecule has 2 aromatic heterocycles. The number of alkyl halides is 2. The molecule has 0 bridgehead atoms. The van der Waals surface area contributed by atoms with Crippen LogP contribution in [0.2, 0.25) is 5.02 Å². The lowest BCUT2D eigenvalue weighted by Crippen LogP contribution is -2.52. The van der Waals surface area contributed by atoms with Crippen molar-refractivity contribution in [2.24, 2.45) is 17.8 Å². The lowest BCUT2D eigenvalue weighted by Gasteiger charge is -2.29. The number of likely N-dealkylation sites (tertiary alicyclic amines) is 1. The molecule has 35 heavy (non-hydrogen) atoms. The van der Waals surface area contributed by atoms with E-state index >= 15 is 0 Å². The lowest BCUT2D eigenvalue weighted by atomic mass is 9.90. The first-order valence-electron chi connectivity index (χ1n) is 11.6. The first-order valence-corrected chi connectivity index (χ1v) is 12.8. The van der Waals surface area contributed by atoms with Crippen LogP contribution in [0.5, 0.6) is 0 Å². The van der Waals surface area contributed by atoms with Crippen LogP contribution in [0.15, 0.2) is 11.4 Å². The van der Waals surface area contributed by atoms with Gasteiger partial charge in [0.2, 0.25) is 17.7 Å².